The second kappa shape index (κ2) is 2.32. The summed E-state index contributed by atoms with van der Waals surface area (Å²) >= 11 is 1.81. The molecule has 70 valence electrons. The van der Waals surface area contributed by atoms with Crippen molar-refractivity contribution in [2.75, 3.05) is 6.54 Å². The van der Waals surface area contributed by atoms with Crippen LogP contribution in [-0.4, -0.2) is 22.7 Å². The van der Waals surface area contributed by atoms with E-state index in [9.17, 15) is 0 Å². The van der Waals surface area contributed by atoms with Crippen molar-refractivity contribution in [3.8, 4) is 0 Å². The second-order valence-electron chi connectivity index (χ2n) is 4.52. The summed E-state index contributed by atoms with van der Waals surface area (Å²) in [6.07, 6.45) is 2.71. The zero-order chi connectivity index (χ0) is 9.05. The van der Waals surface area contributed by atoms with Crippen LogP contribution >= 0.6 is 11.8 Å². The van der Waals surface area contributed by atoms with Gasteiger partial charge in [0.15, 0.2) is 5.17 Å². The summed E-state index contributed by atoms with van der Waals surface area (Å²) in [6, 6.07) is 0.591. The van der Waals surface area contributed by atoms with Crippen molar-refractivity contribution in [1.82, 2.24) is 4.90 Å². The average molecular weight is 194 g/mol. The maximum absolute atomic E-state index is 4.52. The fraction of sp³-hybridized carbons (Fsp3) is 0.700. The molecular formula is C10H14N2S. The van der Waals surface area contributed by atoms with E-state index < -0.39 is 0 Å². The Labute approximate surface area is 83.1 Å². The summed E-state index contributed by atoms with van der Waals surface area (Å²) in [6.45, 7) is 5.62. The summed E-state index contributed by atoms with van der Waals surface area (Å²) < 4.78 is 0. The molecule has 1 fully saturated rings. The first-order chi connectivity index (χ1) is 6.21. The Kier molecular flexibility index (Phi) is 1.41. The van der Waals surface area contributed by atoms with Gasteiger partial charge in [0.25, 0.3) is 0 Å². The van der Waals surface area contributed by atoms with Gasteiger partial charge in [-0.3, -0.25) is 4.99 Å². The molecule has 1 unspecified atom stereocenters. The largest absolute Gasteiger partial charge is 0.319 e. The molecule has 3 rings (SSSR count). The van der Waals surface area contributed by atoms with Crippen molar-refractivity contribution in [3.05, 3.63) is 11.1 Å². The van der Waals surface area contributed by atoms with Gasteiger partial charge in [0.05, 0.1) is 12.6 Å². The van der Waals surface area contributed by atoms with Crippen LogP contribution in [-0.2, 0) is 0 Å². The zero-order valence-corrected chi connectivity index (χ0v) is 8.90. The van der Waals surface area contributed by atoms with Gasteiger partial charge in [-0.15, -0.1) is 0 Å². The van der Waals surface area contributed by atoms with Gasteiger partial charge in [0.1, 0.15) is 0 Å². The number of nitrogens with zero attached hydrogens (tertiary/aromatic N) is 2. The van der Waals surface area contributed by atoms with Gasteiger partial charge in [0.2, 0.25) is 0 Å². The Morgan fingerprint density at radius 3 is 3.08 bits per heavy atom. The molecule has 0 bridgehead atoms. The van der Waals surface area contributed by atoms with E-state index >= 15 is 0 Å². The number of amidine groups is 1. The molecule has 3 heteroatoms. The third-order valence-corrected chi connectivity index (χ3v) is 4.17. The number of thioether (sulfide) groups is 1. The Bertz CT molecular complexity index is 315. The van der Waals surface area contributed by atoms with Gasteiger partial charge in [-0.1, -0.05) is 18.7 Å². The Balaban J connectivity index is 1.94. The highest BCUT2D eigenvalue weighted by Crippen LogP contribution is 2.56. The number of aliphatic imine (C=N–C) groups is 1. The fourth-order valence-electron chi connectivity index (χ4n) is 2.03. The van der Waals surface area contributed by atoms with Gasteiger partial charge < -0.3 is 4.90 Å². The summed E-state index contributed by atoms with van der Waals surface area (Å²) in [5, 5.41) is 3.54. The predicted molar refractivity (Wildman–Crippen MR) is 56.6 cm³/mol. The summed E-state index contributed by atoms with van der Waals surface area (Å²) in [4.78, 5) is 6.97. The molecule has 0 aromatic rings. The first-order valence-electron chi connectivity index (χ1n) is 4.92. The average Bonchev–Trinajstić information content (AvgIpc) is 2.62. The topological polar surface area (TPSA) is 15.6 Å². The Morgan fingerprint density at radius 1 is 1.62 bits per heavy atom. The summed E-state index contributed by atoms with van der Waals surface area (Å²) in [7, 11) is 0. The minimum absolute atomic E-state index is 0.489. The smallest absolute Gasteiger partial charge is 0.168 e. The number of fused-ring (bicyclic) bond motifs is 1. The third-order valence-electron chi connectivity index (χ3n) is 3.29. The highest BCUT2D eigenvalue weighted by molar-refractivity contribution is 8.16. The molecule has 1 saturated carbocycles. The van der Waals surface area contributed by atoms with Crippen LogP contribution in [0.2, 0.25) is 0 Å². The van der Waals surface area contributed by atoms with E-state index in [1.807, 2.05) is 0 Å². The van der Waals surface area contributed by atoms with Crippen LogP contribution in [0.1, 0.15) is 26.7 Å². The normalized spacial score (nSPS) is 34.3. The molecule has 0 radical (unpaired) electrons. The number of hydrogen-bond acceptors (Lipinski definition) is 3. The number of hydrogen-bond donors (Lipinski definition) is 0. The molecule has 1 atom stereocenters. The third kappa shape index (κ3) is 0.997. The van der Waals surface area contributed by atoms with Crippen LogP contribution < -0.4 is 0 Å². The lowest BCUT2D eigenvalue weighted by atomic mass is 10.0. The van der Waals surface area contributed by atoms with Crippen LogP contribution in [0.5, 0.6) is 0 Å². The molecule has 3 aliphatic rings. The van der Waals surface area contributed by atoms with Crippen molar-refractivity contribution in [2.24, 2.45) is 10.4 Å². The SMILES string of the molecule is CC1CN=C2SC=C(C3(C)CC3)N21. The lowest BCUT2D eigenvalue weighted by Gasteiger charge is -2.26. The van der Waals surface area contributed by atoms with Crippen LogP contribution in [0.15, 0.2) is 16.1 Å². The number of rotatable bonds is 1. The predicted octanol–water partition coefficient (Wildman–Crippen LogP) is 2.43. The number of allylic oxidation sites excluding steroid dienone is 1. The molecule has 0 spiro atoms. The first kappa shape index (κ1) is 7.92. The highest BCUT2D eigenvalue weighted by atomic mass is 32.2. The van der Waals surface area contributed by atoms with Crippen LogP contribution in [0.3, 0.4) is 0 Å². The van der Waals surface area contributed by atoms with Gasteiger partial charge in [-0.05, 0) is 25.2 Å². The molecule has 2 nitrogen and oxygen atoms in total. The van der Waals surface area contributed by atoms with Crippen molar-refractivity contribution in [2.45, 2.75) is 32.7 Å². The van der Waals surface area contributed by atoms with Crippen molar-refractivity contribution in [3.63, 3.8) is 0 Å². The monoisotopic (exact) mass is 194 g/mol. The van der Waals surface area contributed by atoms with Crippen molar-refractivity contribution < 1.29 is 0 Å². The van der Waals surface area contributed by atoms with E-state index in [1.165, 1.54) is 23.7 Å². The fourth-order valence-corrected chi connectivity index (χ4v) is 3.19. The van der Waals surface area contributed by atoms with E-state index in [0.29, 0.717) is 11.5 Å². The van der Waals surface area contributed by atoms with E-state index in [0.717, 1.165) is 6.54 Å². The van der Waals surface area contributed by atoms with E-state index in [1.54, 1.807) is 11.8 Å². The van der Waals surface area contributed by atoms with E-state index in [4.69, 9.17) is 0 Å². The van der Waals surface area contributed by atoms with Gasteiger partial charge >= 0.3 is 0 Å². The molecule has 0 aromatic heterocycles. The zero-order valence-electron chi connectivity index (χ0n) is 8.08. The van der Waals surface area contributed by atoms with E-state index in [-0.39, 0.29) is 0 Å². The Hall–Kier alpha value is -0.440. The van der Waals surface area contributed by atoms with Crippen molar-refractivity contribution in [1.29, 1.82) is 0 Å². The summed E-state index contributed by atoms with van der Waals surface area (Å²) in [5.74, 6) is 0. The maximum Gasteiger partial charge on any atom is 0.168 e. The van der Waals surface area contributed by atoms with Gasteiger partial charge in [-0.2, -0.15) is 0 Å². The minimum atomic E-state index is 0.489. The molecule has 2 heterocycles. The van der Waals surface area contributed by atoms with Crippen LogP contribution in [0.4, 0.5) is 0 Å². The second-order valence-corrected chi connectivity index (χ2v) is 5.36. The molecule has 0 aromatic carbocycles. The molecule has 13 heavy (non-hydrogen) atoms. The van der Waals surface area contributed by atoms with Crippen molar-refractivity contribution >= 4 is 16.9 Å². The molecule has 0 amide bonds. The molecule has 1 aliphatic carbocycles. The summed E-state index contributed by atoms with van der Waals surface area (Å²) in [5.41, 5.74) is 2.02. The lowest BCUT2D eigenvalue weighted by Crippen LogP contribution is -2.32. The molecule has 2 aliphatic heterocycles. The Morgan fingerprint density at radius 2 is 2.38 bits per heavy atom. The minimum Gasteiger partial charge on any atom is -0.319 e. The maximum atomic E-state index is 4.52. The molecular weight excluding hydrogens is 180 g/mol. The standard InChI is InChI=1S/C10H14N2S/c1-7-5-11-9-12(7)8(6-13-9)10(2)3-4-10/h6-7H,3-5H2,1-2H3. The van der Waals surface area contributed by atoms with Gasteiger partial charge in [0, 0.05) is 11.1 Å². The van der Waals surface area contributed by atoms with Gasteiger partial charge in [-0.25, -0.2) is 0 Å². The highest BCUT2D eigenvalue weighted by Gasteiger charge is 2.48. The van der Waals surface area contributed by atoms with Crippen LogP contribution in [0, 0.1) is 5.41 Å². The quantitative estimate of drug-likeness (QED) is 0.637. The molecule has 0 N–H and O–H groups in total. The first-order valence-corrected chi connectivity index (χ1v) is 5.80. The lowest BCUT2D eigenvalue weighted by molar-refractivity contribution is 0.389. The van der Waals surface area contributed by atoms with Crippen LogP contribution in [0.25, 0.3) is 0 Å². The molecule has 0 saturated heterocycles. The van der Waals surface area contributed by atoms with E-state index in [2.05, 4.69) is 29.1 Å².